The van der Waals surface area contributed by atoms with Gasteiger partial charge in [0.15, 0.2) is 0 Å². The number of hydrogen-bond acceptors (Lipinski definition) is 2. The first-order chi connectivity index (χ1) is 6.59. The maximum absolute atomic E-state index is 7.24. The van der Waals surface area contributed by atoms with Gasteiger partial charge >= 0.3 is 0 Å². The molecule has 0 saturated heterocycles. The van der Waals surface area contributed by atoms with Crippen LogP contribution in [0.15, 0.2) is 24.3 Å². The second-order valence-corrected chi connectivity index (χ2v) is 5.44. The van der Waals surface area contributed by atoms with Crippen molar-refractivity contribution in [1.82, 2.24) is 4.72 Å². The molecular weight excluding hydrogens is 194 g/mol. The van der Waals surface area contributed by atoms with Crippen molar-refractivity contribution < 1.29 is 0 Å². The zero-order valence-corrected chi connectivity index (χ0v) is 9.44. The lowest BCUT2D eigenvalue weighted by Gasteiger charge is -2.11. The van der Waals surface area contributed by atoms with Crippen LogP contribution in [0.5, 0.6) is 0 Å². The third kappa shape index (κ3) is 3.40. The van der Waals surface area contributed by atoms with Crippen molar-refractivity contribution >= 4 is 16.9 Å². The predicted molar refractivity (Wildman–Crippen MR) is 65.1 cm³/mol. The summed E-state index contributed by atoms with van der Waals surface area (Å²) in [7, 11) is 0. The Balaban J connectivity index is 2.60. The molecule has 0 amide bonds. The first-order valence-electron chi connectivity index (χ1n) is 4.44. The molecule has 78 valence electrons. The van der Waals surface area contributed by atoms with Gasteiger partial charge in [0.25, 0.3) is 0 Å². The molecule has 4 N–H and O–H groups in total. The summed E-state index contributed by atoms with van der Waals surface area (Å²) in [6.45, 7) is 0.886. The Morgan fingerprint density at radius 2 is 1.93 bits per heavy atom. The molecule has 1 aromatic rings. The summed E-state index contributed by atoms with van der Waals surface area (Å²) in [5.41, 5.74) is 7.37. The van der Waals surface area contributed by atoms with Gasteiger partial charge in [0.05, 0.1) is 0 Å². The highest BCUT2D eigenvalue weighted by atomic mass is 32.2. The Kier molecular flexibility index (Phi) is 3.98. The van der Waals surface area contributed by atoms with Gasteiger partial charge in [0, 0.05) is 12.1 Å². The largest absolute Gasteiger partial charge is 0.384 e. The second-order valence-electron chi connectivity index (χ2n) is 3.34. The van der Waals surface area contributed by atoms with Gasteiger partial charge in [-0.25, -0.2) is 11.1 Å². The molecule has 0 fully saturated rings. The molecule has 0 heterocycles. The summed E-state index contributed by atoms with van der Waals surface area (Å²) < 4.78 is 3.39. The molecule has 14 heavy (non-hydrogen) atoms. The van der Waals surface area contributed by atoms with Crippen LogP contribution < -0.4 is 10.5 Å². The number of thiol groups is 1. The Morgan fingerprint density at radius 1 is 1.36 bits per heavy atom. The highest BCUT2D eigenvalue weighted by Gasteiger charge is 1.96. The van der Waals surface area contributed by atoms with Crippen molar-refractivity contribution in [1.29, 1.82) is 5.41 Å². The number of nitrogens with one attached hydrogen (secondary N) is 2. The molecule has 3 nitrogen and oxygen atoms in total. The Labute approximate surface area is 87.7 Å². The molecule has 0 unspecified atom stereocenters. The second kappa shape index (κ2) is 5.02. The van der Waals surface area contributed by atoms with E-state index in [2.05, 4.69) is 17.2 Å². The third-order valence-electron chi connectivity index (χ3n) is 1.86. The fourth-order valence-electron chi connectivity index (χ4n) is 1.05. The average Bonchev–Trinajstić information content (AvgIpc) is 2.15. The smallest absolute Gasteiger partial charge is 0.122 e. The zero-order chi connectivity index (χ0) is 10.6. The number of benzene rings is 1. The van der Waals surface area contributed by atoms with E-state index in [1.165, 1.54) is 5.56 Å². The van der Waals surface area contributed by atoms with Gasteiger partial charge in [0.1, 0.15) is 5.84 Å². The van der Waals surface area contributed by atoms with E-state index in [0.717, 1.165) is 12.1 Å². The van der Waals surface area contributed by atoms with Crippen LogP contribution in [0, 0.1) is 5.41 Å². The molecule has 0 aliphatic heterocycles. The van der Waals surface area contributed by atoms with Crippen molar-refractivity contribution in [3.63, 3.8) is 0 Å². The number of nitrogen functional groups attached to an aromatic ring is 1. The van der Waals surface area contributed by atoms with Crippen LogP contribution in [-0.2, 0) is 6.54 Å². The van der Waals surface area contributed by atoms with E-state index in [9.17, 15) is 0 Å². The lowest BCUT2D eigenvalue weighted by molar-refractivity contribution is 0.973. The van der Waals surface area contributed by atoms with Crippen LogP contribution in [0.1, 0.15) is 11.1 Å². The van der Waals surface area contributed by atoms with Gasteiger partial charge in [-0.15, -0.1) is 0 Å². The summed E-state index contributed by atoms with van der Waals surface area (Å²) in [6, 6.07) is 7.77. The summed E-state index contributed by atoms with van der Waals surface area (Å²) >= 11 is -0.0612. The van der Waals surface area contributed by atoms with Crippen LogP contribution in [0.3, 0.4) is 0 Å². The Hall–Kier alpha value is -1.00. The highest BCUT2D eigenvalue weighted by molar-refractivity contribution is 8.14. The minimum Gasteiger partial charge on any atom is -0.384 e. The van der Waals surface area contributed by atoms with Gasteiger partial charge in [-0.3, -0.25) is 10.1 Å². The average molecular weight is 211 g/mol. The molecular formula is C10H17N3S. The van der Waals surface area contributed by atoms with E-state index in [4.69, 9.17) is 11.1 Å². The van der Waals surface area contributed by atoms with Crippen LogP contribution in [0.2, 0.25) is 0 Å². The molecule has 0 radical (unpaired) electrons. The highest BCUT2D eigenvalue weighted by Crippen LogP contribution is 2.09. The number of hydrogen-bond donors (Lipinski definition) is 4. The molecule has 0 bridgehead atoms. The lowest BCUT2D eigenvalue weighted by atomic mass is 10.1. The number of nitrogens with two attached hydrogens (primary N) is 1. The van der Waals surface area contributed by atoms with E-state index in [0.29, 0.717) is 0 Å². The standard InChI is InChI=1S/C10H17N3S/c1-14(2)13-7-8-3-5-9(6-4-8)10(11)12/h3-6,13-14H,7H2,1-2H3,(H3,11,12). The number of rotatable bonds is 4. The van der Waals surface area contributed by atoms with E-state index < -0.39 is 0 Å². The van der Waals surface area contributed by atoms with Crippen LogP contribution in [0.4, 0.5) is 0 Å². The molecule has 0 aliphatic carbocycles. The van der Waals surface area contributed by atoms with Crippen LogP contribution in [0.25, 0.3) is 0 Å². The summed E-state index contributed by atoms with van der Waals surface area (Å²) in [5, 5.41) is 7.24. The Bertz CT molecular complexity index is 306. The molecule has 0 spiro atoms. The Morgan fingerprint density at radius 3 is 2.36 bits per heavy atom. The molecule has 0 saturated carbocycles. The molecule has 4 heteroatoms. The summed E-state index contributed by atoms with van der Waals surface area (Å²) in [5.74, 6) is 0.123. The van der Waals surface area contributed by atoms with E-state index >= 15 is 0 Å². The summed E-state index contributed by atoms with van der Waals surface area (Å²) in [4.78, 5) is 0. The van der Waals surface area contributed by atoms with Gasteiger partial charge in [-0.05, 0) is 18.1 Å². The van der Waals surface area contributed by atoms with Crippen LogP contribution in [-0.4, -0.2) is 18.3 Å². The first-order valence-corrected chi connectivity index (χ1v) is 6.67. The van der Waals surface area contributed by atoms with Crippen molar-refractivity contribution in [3.05, 3.63) is 35.4 Å². The van der Waals surface area contributed by atoms with E-state index in [1.807, 2.05) is 24.3 Å². The molecule has 1 rings (SSSR count). The van der Waals surface area contributed by atoms with E-state index in [1.54, 1.807) is 0 Å². The minimum absolute atomic E-state index is 0.0612. The van der Waals surface area contributed by atoms with Gasteiger partial charge in [-0.1, -0.05) is 24.3 Å². The van der Waals surface area contributed by atoms with Crippen molar-refractivity contribution in [3.8, 4) is 0 Å². The SMILES string of the molecule is C[SH](C)NCc1ccc(C(=N)N)cc1. The predicted octanol–water partition coefficient (Wildman–Crippen LogP) is 1.24. The summed E-state index contributed by atoms with van der Waals surface area (Å²) in [6.07, 6.45) is 4.36. The maximum Gasteiger partial charge on any atom is 0.122 e. The maximum atomic E-state index is 7.24. The topological polar surface area (TPSA) is 61.9 Å². The fourth-order valence-corrected chi connectivity index (χ4v) is 1.55. The molecule has 1 aromatic carbocycles. The normalized spacial score (nSPS) is 11.1. The van der Waals surface area contributed by atoms with E-state index in [-0.39, 0.29) is 16.9 Å². The van der Waals surface area contributed by atoms with Crippen molar-refractivity contribution in [2.45, 2.75) is 6.54 Å². The molecule has 0 aromatic heterocycles. The van der Waals surface area contributed by atoms with Gasteiger partial charge in [-0.2, -0.15) is 0 Å². The minimum atomic E-state index is -0.0612. The fraction of sp³-hybridized carbons (Fsp3) is 0.300. The lowest BCUT2D eigenvalue weighted by Crippen LogP contribution is -2.11. The quantitative estimate of drug-likeness (QED) is 0.344. The zero-order valence-electron chi connectivity index (χ0n) is 8.54. The number of amidine groups is 1. The first kappa shape index (κ1) is 11.1. The van der Waals surface area contributed by atoms with Crippen molar-refractivity contribution in [2.24, 2.45) is 5.73 Å². The third-order valence-corrected chi connectivity index (χ3v) is 2.65. The van der Waals surface area contributed by atoms with Crippen molar-refractivity contribution in [2.75, 3.05) is 12.5 Å². The van der Waals surface area contributed by atoms with Gasteiger partial charge < -0.3 is 5.73 Å². The molecule has 0 atom stereocenters. The van der Waals surface area contributed by atoms with Crippen LogP contribution >= 0.6 is 11.1 Å². The van der Waals surface area contributed by atoms with Gasteiger partial charge in [0.2, 0.25) is 0 Å². The molecule has 0 aliphatic rings. The monoisotopic (exact) mass is 211 g/mol.